The van der Waals surface area contributed by atoms with Crippen molar-refractivity contribution in [3.8, 4) is 0 Å². The van der Waals surface area contributed by atoms with Gasteiger partial charge in [-0.05, 0) is 49.4 Å². The van der Waals surface area contributed by atoms with E-state index in [1.807, 2.05) is 0 Å². The molecule has 6 nitrogen and oxygen atoms in total. The van der Waals surface area contributed by atoms with E-state index in [0.29, 0.717) is 16.1 Å². The summed E-state index contributed by atoms with van der Waals surface area (Å²) in [7, 11) is 0. The van der Waals surface area contributed by atoms with Gasteiger partial charge in [0.2, 0.25) is 5.91 Å². The van der Waals surface area contributed by atoms with Crippen molar-refractivity contribution in [2.75, 3.05) is 5.32 Å². The Morgan fingerprint density at radius 1 is 1.12 bits per heavy atom. The molecule has 0 radical (unpaired) electrons. The number of aromatic nitrogens is 2. The lowest BCUT2D eigenvalue weighted by Gasteiger charge is -2.13. The van der Waals surface area contributed by atoms with Crippen LogP contribution in [0, 0.1) is 5.82 Å². The molecule has 1 aromatic heterocycles. The lowest BCUT2D eigenvalue weighted by Crippen LogP contribution is -2.41. The first-order valence-electron chi connectivity index (χ1n) is 7.89. The summed E-state index contributed by atoms with van der Waals surface area (Å²) >= 11 is 5.99. The highest BCUT2D eigenvalue weighted by Gasteiger charge is 2.15. The highest BCUT2D eigenvalue weighted by atomic mass is 35.5. The maximum Gasteiger partial charge on any atom is 0.331 e. The van der Waals surface area contributed by atoms with Crippen LogP contribution in [-0.2, 0) is 17.9 Å². The molecule has 0 saturated carbocycles. The summed E-state index contributed by atoms with van der Waals surface area (Å²) in [6.07, 6.45) is 0. The van der Waals surface area contributed by atoms with Gasteiger partial charge in [0.25, 0.3) is 5.56 Å². The van der Waals surface area contributed by atoms with E-state index in [1.54, 1.807) is 13.0 Å². The van der Waals surface area contributed by atoms with Crippen LogP contribution >= 0.6 is 11.6 Å². The van der Waals surface area contributed by atoms with Gasteiger partial charge in [-0.25, -0.2) is 9.18 Å². The Kier molecular flexibility index (Phi) is 4.90. The van der Waals surface area contributed by atoms with Crippen LogP contribution < -0.4 is 16.6 Å². The van der Waals surface area contributed by atoms with Crippen molar-refractivity contribution in [2.24, 2.45) is 0 Å². The number of rotatable bonds is 4. The van der Waals surface area contributed by atoms with Crippen molar-refractivity contribution < 1.29 is 9.18 Å². The van der Waals surface area contributed by atoms with Crippen molar-refractivity contribution in [3.05, 3.63) is 74.1 Å². The average molecular weight is 376 g/mol. The molecule has 0 aliphatic rings. The molecule has 2 aromatic carbocycles. The van der Waals surface area contributed by atoms with Crippen LogP contribution in [0.3, 0.4) is 0 Å². The van der Waals surface area contributed by atoms with Gasteiger partial charge in [0, 0.05) is 17.3 Å². The Morgan fingerprint density at radius 3 is 2.46 bits per heavy atom. The van der Waals surface area contributed by atoms with Gasteiger partial charge in [-0.15, -0.1) is 0 Å². The molecule has 0 atom stereocenters. The second-order valence-corrected chi connectivity index (χ2v) is 6.07. The summed E-state index contributed by atoms with van der Waals surface area (Å²) < 4.78 is 15.2. The third-order valence-corrected chi connectivity index (χ3v) is 4.17. The highest BCUT2D eigenvalue weighted by molar-refractivity contribution is 6.31. The predicted octanol–water partition coefficient (Wildman–Crippen LogP) is 2.61. The number of anilines is 1. The molecule has 0 unspecified atom stereocenters. The summed E-state index contributed by atoms with van der Waals surface area (Å²) in [6, 6.07) is 9.82. The zero-order valence-electron chi connectivity index (χ0n) is 13.8. The monoisotopic (exact) mass is 375 g/mol. The van der Waals surface area contributed by atoms with Gasteiger partial charge in [-0.1, -0.05) is 11.6 Å². The van der Waals surface area contributed by atoms with Gasteiger partial charge in [0.1, 0.15) is 12.4 Å². The average Bonchev–Trinajstić information content (AvgIpc) is 2.61. The van der Waals surface area contributed by atoms with E-state index < -0.39 is 23.0 Å². The summed E-state index contributed by atoms with van der Waals surface area (Å²) in [5, 5.41) is 3.23. The number of fused-ring (bicyclic) bond motifs is 1. The summed E-state index contributed by atoms with van der Waals surface area (Å²) in [6.45, 7) is 1.54. The first kappa shape index (κ1) is 17.9. The number of carbonyl (C=O) groups is 1. The quantitative estimate of drug-likeness (QED) is 0.761. The van der Waals surface area contributed by atoms with Gasteiger partial charge in [0.05, 0.1) is 10.9 Å². The zero-order chi connectivity index (χ0) is 18.8. The molecule has 0 spiro atoms. The van der Waals surface area contributed by atoms with Gasteiger partial charge in [0.15, 0.2) is 0 Å². The molecule has 0 aliphatic heterocycles. The zero-order valence-corrected chi connectivity index (χ0v) is 14.6. The van der Waals surface area contributed by atoms with Gasteiger partial charge in [-0.3, -0.25) is 18.7 Å². The molecule has 0 aliphatic carbocycles. The van der Waals surface area contributed by atoms with E-state index in [0.717, 1.165) is 4.57 Å². The van der Waals surface area contributed by atoms with Crippen LogP contribution in [0.25, 0.3) is 10.9 Å². The fourth-order valence-corrected chi connectivity index (χ4v) is 2.87. The Labute approximate surface area is 152 Å². The van der Waals surface area contributed by atoms with Crippen LogP contribution in [0.4, 0.5) is 10.1 Å². The third-order valence-electron chi connectivity index (χ3n) is 3.93. The summed E-state index contributed by atoms with van der Waals surface area (Å²) in [5.74, 6) is -0.906. The topological polar surface area (TPSA) is 73.1 Å². The van der Waals surface area contributed by atoms with Gasteiger partial charge >= 0.3 is 5.69 Å². The Morgan fingerprint density at radius 2 is 1.81 bits per heavy atom. The lowest BCUT2D eigenvalue weighted by atomic mass is 10.2. The third kappa shape index (κ3) is 3.39. The minimum absolute atomic E-state index is 0.176. The molecule has 3 aromatic rings. The fraction of sp³-hybridized carbons (Fsp3) is 0.167. The van der Waals surface area contributed by atoms with Crippen LogP contribution in [0.5, 0.6) is 0 Å². The number of halogens is 2. The summed E-state index contributed by atoms with van der Waals surface area (Å²) in [4.78, 5) is 37.4. The van der Waals surface area contributed by atoms with Gasteiger partial charge < -0.3 is 5.32 Å². The first-order chi connectivity index (χ1) is 12.4. The van der Waals surface area contributed by atoms with Gasteiger partial charge in [-0.2, -0.15) is 0 Å². The predicted molar refractivity (Wildman–Crippen MR) is 98.2 cm³/mol. The fourth-order valence-electron chi connectivity index (χ4n) is 2.70. The SMILES string of the molecule is CCn1c(=O)c2ccc(Cl)cc2n(CC(=O)Nc2ccc(F)cc2)c1=O. The molecule has 3 rings (SSSR count). The molecular weight excluding hydrogens is 361 g/mol. The largest absolute Gasteiger partial charge is 0.331 e. The number of benzene rings is 2. The number of nitrogens with zero attached hydrogens (tertiary/aromatic N) is 2. The van der Waals surface area contributed by atoms with E-state index in [1.165, 1.54) is 41.0 Å². The Balaban J connectivity index is 2.04. The number of hydrogen-bond acceptors (Lipinski definition) is 3. The van der Waals surface area contributed by atoms with Crippen molar-refractivity contribution in [1.82, 2.24) is 9.13 Å². The maximum absolute atomic E-state index is 13.0. The smallest absolute Gasteiger partial charge is 0.325 e. The minimum Gasteiger partial charge on any atom is -0.325 e. The van der Waals surface area contributed by atoms with Crippen molar-refractivity contribution >= 4 is 34.1 Å². The molecular formula is C18H15ClFN3O3. The minimum atomic E-state index is -0.596. The van der Waals surface area contributed by atoms with E-state index in [-0.39, 0.29) is 18.6 Å². The molecule has 0 saturated heterocycles. The number of amides is 1. The van der Waals surface area contributed by atoms with E-state index in [4.69, 9.17) is 11.6 Å². The number of nitrogens with one attached hydrogen (secondary N) is 1. The standard InChI is InChI=1S/C18H15ClFN3O3/c1-2-22-17(25)14-8-3-11(19)9-15(14)23(18(22)26)10-16(24)21-13-6-4-12(20)5-7-13/h3-9H,2,10H2,1H3,(H,21,24). The molecule has 1 N–H and O–H groups in total. The normalized spacial score (nSPS) is 10.9. The van der Waals surface area contributed by atoms with E-state index in [9.17, 15) is 18.8 Å². The Bertz CT molecular complexity index is 1100. The van der Waals surface area contributed by atoms with Crippen LogP contribution in [0.15, 0.2) is 52.1 Å². The Hall–Kier alpha value is -2.93. The number of carbonyl (C=O) groups excluding carboxylic acids is 1. The van der Waals surface area contributed by atoms with E-state index >= 15 is 0 Å². The summed E-state index contributed by atoms with van der Waals surface area (Å²) in [5.41, 5.74) is -0.345. The first-order valence-corrected chi connectivity index (χ1v) is 8.27. The molecule has 0 bridgehead atoms. The van der Waals surface area contributed by atoms with Crippen LogP contribution in [0.2, 0.25) is 5.02 Å². The molecule has 1 amide bonds. The number of hydrogen-bond donors (Lipinski definition) is 1. The lowest BCUT2D eigenvalue weighted by molar-refractivity contribution is -0.116. The van der Waals surface area contributed by atoms with Crippen LogP contribution in [-0.4, -0.2) is 15.0 Å². The molecule has 134 valence electrons. The van der Waals surface area contributed by atoms with E-state index in [2.05, 4.69) is 5.32 Å². The maximum atomic E-state index is 13.0. The second kappa shape index (κ2) is 7.13. The molecule has 26 heavy (non-hydrogen) atoms. The highest BCUT2D eigenvalue weighted by Crippen LogP contribution is 2.16. The molecule has 0 fully saturated rings. The molecule has 1 heterocycles. The van der Waals surface area contributed by atoms with Crippen molar-refractivity contribution in [1.29, 1.82) is 0 Å². The van der Waals surface area contributed by atoms with Crippen molar-refractivity contribution in [3.63, 3.8) is 0 Å². The molecule has 8 heteroatoms. The second-order valence-electron chi connectivity index (χ2n) is 5.63. The van der Waals surface area contributed by atoms with Crippen molar-refractivity contribution in [2.45, 2.75) is 20.0 Å². The van der Waals surface area contributed by atoms with Crippen LogP contribution in [0.1, 0.15) is 6.92 Å².